The molecule has 0 fully saturated rings. The first-order valence-corrected chi connectivity index (χ1v) is 5.95. The van der Waals surface area contributed by atoms with Crippen molar-refractivity contribution >= 4 is 23.3 Å². The number of ether oxygens (including phenoxy) is 1. The summed E-state index contributed by atoms with van der Waals surface area (Å²) in [5.74, 6) is -0.849. The van der Waals surface area contributed by atoms with Gasteiger partial charge < -0.3 is 15.8 Å². The molecule has 5 heteroatoms. The van der Waals surface area contributed by atoms with Gasteiger partial charge in [0.05, 0.1) is 6.61 Å². The van der Waals surface area contributed by atoms with Crippen LogP contribution in [-0.4, -0.2) is 18.5 Å². The molecule has 0 saturated heterocycles. The minimum absolute atomic E-state index is 0.248. The molecule has 1 heterocycles. The van der Waals surface area contributed by atoms with E-state index in [2.05, 4.69) is 5.32 Å². The minimum atomic E-state index is -1.24. The molecule has 1 amide bonds. The zero-order valence-electron chi connectivity index (χ0n) is 10.4. The third-order valence-corrected chi connectivity index (χ3v) is 3.29. The quantitative estimate of drug-likeness (QED) is 0.481. The van der Waals surface area contributed by atoms with Crippen LogP contribution in [0.4, 0.5) is 11.4 Å². The van der Waals surface area contributed by atoms with E-state index in [-0.39, 0.29) is 12.5 Å². The van der Waals surface area contributed by atoms with Crippen LogP contribution < -0.4 is 11.1 Å². The lowest BCUT2D eigenvalue weighted by atomic mass is 9.79. The molecule has 0 spiro atoms. The van der Waals surface area contributed by atoms with Crippen molar-refractivity contribution < 1.29 is 14.3 Å². The van der Waals surface area contributed by atoms with Gasteiger partial charge in [0.1, 0.15) is 0 Å². The van der Waals surface area contributed by atoms with Crippen molar-refractivity contribution in [3.8, 4) is 0 Å². The van der Waals surface area contributed by atoms with E-state index >= 15 is 0 Å². The lowest BCUT2D eigenvalue weighted by molar-refractivity contribution is -0.153. The first-order chi connectivity index (χ1) is 8.56. The number of rotatable bonds is 3. The van der Waals surface area contributed by atoms with E-state index in [4.69, 9.17) is 10.5 Å². The predicted octanol–water partition coefficient (Wildman–Crippen LogP) is 1.43. The van der Waals surface area contributed by atoms with E-state index < -0.39 is 11.4 Å². The molecule has 1 aliphatic heterocycles. The summed E-state index contributed by atoms with van der Waals surface area (Å²) in [6, 6.07) is 5.05. The van der Waals surface area contributed by atoms with Gasteiger partial charge in [-0.1, -0.05) is 13.0 Å². The van der Waals surface area contributed by atoms with Gasteiger partial charge in [-0.25, -0.2) is 0 Å². The number of fused-ring (bicyclic) bond motifs is 1. The van der Waals surface area contributed by atoms with E-state index in [0.717, 1.165) is 0 Å². The minimum Gasteiger partial charge on any atom is -0.465 e. The van der Waals surface area contributed by atoms with E-state index in [1.165, 1.54) is 0 Å². The van der Waals surface area contributed by atoms with Crippen LogP contribution in [0, 0.1) is 0 Å². The second kappa shape index (κ2) is 4.33. The van der Waals surface area contributed by atoms with Crippen LogP contribution >= 0.6 is 0 Å². The highest BCUT2D eigenvalue weighted by Crippen LogP contribution is 2.42. The maximum atomic E-state index is 12.2. The highest BCUT2D eigenvalue weighted by molar-refractivity contribution is 6.19. The fourth-order valence-electron chi connectivity index (χ4n) is 2.34. The van der Waals surface area contributed by atoms with Crippen molar-refractivity contribution in [1.82, 2.24) is 0 Å². The van der Waals surface area contributed by atoms with E-state index in [1.54, 1.807) is 32.0 Å². The van der Waals surface area contributed by atoms with Gasteiger partial charge in [0.25, 0.3) is 0 Å². The standard InChI is InChI=1S/C13H16N2O3/c1-3-13(12(17)18-4-2)9-6-5-8(14)7-10(9)15-11(13)16/h5-7H,3-4,14H2,1-2H3,(H,15,16). The van der Waals surface area contributed by atoms with Crippen LogP contribution in [0.25, 0.3) is 0 Å². The average Bonchev–Trinajstić information content (AvgIpc) is 2.61. The first-order valence-electron chi connectivity index (χ1n) is 5.95. The third kappa shape index (κ3) is 1.54. The molecule has 1 aromatic carbocycles. The van der Waals surface area contributed by atoms with Crippen LogP contribution in [0.3, 0.4) is 0 Å². The van der Waals surface area contributed by atoms with Gasteiger partial charge in [0, 0.05) is 16.9 Å². The number of anilines is 2. The normalized spacial score (nSPS) is 21.3. The van der Waals surface area contributed by atoms with Gasteiger partial charge in [-0.15, -0.1) is 0 Å². The number of esters is 1. The van der Waals surface area contributed by atoms with Crippen molar-refractivity contribution in [3.63, 3.8) is 0 Å². The van der Waals surface area contributed by atoms with Crippen LogP contribution in [0.1, 0.15) is 25.8 Å². The molecule has 3 N–H and O–H groups in total. The molecule has 5 nitrogen and oxygen atoms in total. The second-order valence-electron chi connectivity index (χ2n) is 4.24. The monoisotopic (exact) mass is 248 g/mol. The number of amides is 1. The first kappa shape index (κ1) is 12.4. The SMILES string of the molecule is CCOC(=O)C1(CC)C(=O)Nc2cc(N)ccc21. The molecule has 1 aliphatic rings. The highest BCUT2D eigenvalue weighted by atomic mass is 16.5. The van der Waals surface area contributed by atoms with Crippen molar-refractivity contribution in [2.75, 3.05) is 17.7 Å². The number of nitrogens with two attached hydrogens (primary N) is 1. The Kier molecular flexibility index (Phi) is 2.98. The van der Waals surface area contributed by atoms with Crippen molar-refractivity contribution in [2.24, 2.45) is 0 Å². The molecule has 0 bridgehead atoms. The Morgan fingerprint density at radius 3 is 2.78 bits per heavy atom. The van der Waals surface area contributed by atoms with Gasteiger partial charge in [-0.3, -0.25) is 9.59 Å². The van der Waals surface area contributed by atoms with Crippen LogP contribution in [-0.2, 0) is 19.7 Å². The molecule has 0 aromatic heterocycles. The Morgan fingerprint density at radius 2 is 2.17 bits per heavy atom. The summed E-state index contributed by atoms with van der Waals surface area (Å²) in [5.41, 5.74) is 6.22. The Hall–Kier alpha value is -2.04. The lowest BCUT2D eigenvalue weighted by Crippen LogP contribution is -2.43. The molecular formula is C13H16N2O3. The van der Waals surface area contributed by atoms with E-state index in [9.17, 15) is 9.59 Å². The summed E-state index contributed by atoms with van der Waals surface area (Å²) >= 11 is 0. The van der Waals surface area contributed by atoms with Gasteiger partial charge in [0.2, 0.25) is 5.91 Å². The summed E-state index contributed by atoms with van der Waals surface area (Å²) in [5, 5.41) is 2.70. The molecule has 18 heavy (non-hydrogen) atoms. The van der Waals surface area contributed by atoms with Gasteiger partial charge in [-0.2, -0.15) is 0 Å². The fraction of sp³-hybridized carbons (Fsp3) is 0.385. The molecule has 1 atom stereocenters. The number of hydrogen-bond donors (Lipinski definition) is 2. The Morgan fingerprint density at radius 1 is 1.44 bits per heavy atom. The predicted molar refractivity (Wildman–Crippen MR) is 68.1 cm³/mol. The molecule has 1 unspecified atom stereocenters. The molecule has 0 radical (unpaired) electrons. The molecule has 2 rings (SSSR count). The van der Waals surface area contributed by atoms with Crippen LogP contribution in [0.2, 0.25) is 0 Å². The smallest absolute Gasteiger partial charge is 0.326 e. The summed E-state index contributed by atoms with van der Waals surface area (Å²) < 4.78 is 5.05. The van der Waals surface area contributed by atoms with Crippen molar-refractivity contribution in [2.45, 2.75) is 25.7 Å². The maximum Gasteiger partial charge on any atom is 0.326 e. The molecule has 0 saturated carbocycles. The Balaban J connectivity index is 2.56. The van der Waals surface area contributed by atoms with Crippen molar-refractivity contribution in [3.05, 3.63) is 23.8 Å². The second-order valence-corrected chi connectivity index (χ2v) is 4.24. The Bertz CT molecular complexity index is 513. The average molecular weight is 248 g/mol. The van der Waals surface area contributed by atoms with Gasteiger partial charge >= 0.3 is 5.97 Å². The van der Waals surface area contributed by atoms with Crippen LogP contribution in [0.5, 0.6) is 0 Å². The fourth-order valence-corrected chi connectivity index (χ4v) is 2.34. The highest BCUT2D eigenvalue weighted by Gasteiger charge is 2.52. The molecule has 1 aromatic rings. The summed E-state index contributed by atoms with van der Waals surface area (Å²) in [7, 11) is 0. The summed E-state index contributed by atoms with van der Waals surface area (Å²) in [6.45, 7) is 3.76. The molecule has 0 aliphatic carbocycles. The largest absolute Gasteiger partial charge is 0.465 e. The van der Waals surface area contributed by atoms with E-state index in [1.807, 2.05) is 0 Å². The number of carbonyl (C=O) groups is 2. The third-order valence-electron chi connectivity index (χ3n) is 3.29. The van der Waals surface area contributed by atoms with Gasteiger partial charge in [0.15, 0.2) is 5.41 Å². The number of nitrogen functional groups attached to an aromatic ring is 1. The Labute approximate surface area is 105 Å². The zero-order chi connectivity index (χ0) is 13.3. The zero-order valence-corrected chi connectivity index (χ0v) is 10.4. The maximum absolute atomic E-state index is 12.2. The van der Waals surface area contributed by atoms with Crippen molar-refractivity contribution in [1.29, 1.82) is 0 Å². The molecule has 96 valence electrons. The number of hydrogen-bond acceptors (Lipinski definition) is 4. The van der Waals surface area contributed by atoms with Crippen LogP contribution in [0.15, 0.2) is 18.2 Å². The topological polar surface area (TPSA) is 81.4 Å². The summed E-state index contributed by atoms with van der Waals surface area (Å²) in [4.78, 5) is 24.3. The number of benzene rings is 1. The lowest BCUT2D eigenvalue weighted by Gasteiger charge is -2.23. The summed E-state index contributed by atoms with van der Waals surface area (Å²) in [6.07, 6.45) is 0.356. The number of carbonyl (C=O) groups excluding carboxylic acids is 2. The van der Waals surface area contributed by atoms with Gasteiger partial charge in [-0.05, 0) is 25.5 Å². The number of nitrogens with one attached hydrogen (secondary N) is 1. The van der Waals surface area contributed by atoms with E-state index in [0.29, 0.717) is 23.4 Å². The molecular weight excluding hydrogens is 232 g/mol.